The molecule has 1 saturated heterocycles. The molecule has 2 aromatic rings. The minimum Gasteiger partial charge on any atom is -0.355 e. The van der Waals surface area contributed by atoms with Crippen LogP contribution in [0.25, 0.3) is 0 Å². The molecular formula is C18H24N4O. The molecule has 5 nitrogen and oxygen atoms in total. The van der Waals surface area contributed by atoms with Crippen molar-refractivity contribution in [3.63, 3.8) is 0 Å². The summed E-state index contributed by atoms with van der Waals surface area (Å²) in [5.74, 6) is 1.16. The van der Waals surface area contributed by atoms with Crippen molar-refractivity contribution in [3.8, 4) is 0 Å². The Hall–Kier alpha value is -2.14. The van der Waals surface area contributed by atoms with E-state index in [9.17, 15) is 4.79 Å². The fourth-order valence-electron chi connectivity index (χ4n) is 3.16. The van der Waals surface area contributed by atoms with E-state index < -0.39 is 0 Å². The first kappa shape index (κ1) is 15.7. The molecule has 5 heteroatoms. The maximum atomic E-state index is 12.2. The zero-order valence-corrected chi connectivity index (χ0v) is 13.6. The van der Waals surface area contributed by atoms with Crippen LogP contribution in [0.4, 0.5) is 0 Å². The second kappa shape index (κ2) is 7.42. The summed E-state index contributed by atoms with van der Waals surface area (Å²) in [5, 5.41) is 3.00. The molecule has 0 radical (unpaired) electrons. The maximum absolute atomic E-state index is 12.2. The van der Waals surface area contributed by atoms with Crippen molar-refractivity contribution in [1.29, 1.82) is 0 Å². The van der Waals surface area contributed by atoms with Crippen LogP contribution in [0.15, 0.2) is 42.7 Å². The highest BCUT2D eigenvalue weighted by Gasteiger charge is 2.27. The Morgan fingerprint density at radius 3 is 2.87 bits per heavy atom. The van der Waals surface area contributed by atoms with Gasteiger partial charge >= 0.3 is 0 Å². The van der Waals surface area contributed by atoms with Crippen molar-refractivity contribution >= 4 is 5.91 Å². The molecule has 0 saturated carbocycles. The van der Waals surface area contributed by atoms with Crippen LogP contribution in [0.2, 0.25) is 0 Å². The van der Waals surface area contributed by atoms with Gasteiger partial charge in [0.2, 0.25) is 5.91 Å². The predicted octanol–water partition coefficient (Wildman–Crippen LogP) is 2.03. The minimum absolute atomic E-state index is 0.0561. The van der Waals surface area contributed by atoms with Crippen LogP contribution in [-0.4, -0.2) is 39.5 Å². The first-order valence-corrected chi connectivity index (χ1v) is 8.33. The van der Waals surface area contributed by atoms with E-state index in [1.807, 2.05) is 18.5 Å². The molecule has 0 unspecified atom stereocenters. The second-order valence-corrected chi connectivity index (χ2v) is 6.00. The highest BCUT2D eigenvalue weighted by atomic mass is 16.2. The highest BCUT2D eigenvalue weighted by molar-refractivity contribution is 5.81. The Labute approximate surface area is 137 Å². The maximum Gasteiger partial charge on any atom is 0.237 e. The van der Waals surface area contributed by atoms with Crippen molar-refractivity contribution in [2.75, 3.05) is 13.1 Å². The van der Waals surface area contributed by atoms with Gasteiger partial charge in [0.1, 0.15) is 5.82 Å². The normalized spacial score (nSPS) is 19.3. The minimum atomic E-state index is -0.0561. The number of carbonyl (C=O) groups excluding carboxylic acids is 1. The predicted molar refractivity (Wildman–Crippen MR) is 89.9 cm³/mol. The Balaban J connectivity index is 1.75. The van der Waals surface area contributed by atoms with Crippen LogP contribution >= 0.6 is 0 Å². The lowest BCUT2D eigenvalue weighted by atomic mass is 10.1. The third kappa shape index (κ3) is 3.79. The molecule has 23 heavy (non-hydrogen) atoms. The summed E-state index contributed by atoms with van der Waals surface area (Å²) >= 11 is 0. The molecule has 0 bridgehead atoms. The van der Waals surface area contributed by atoms with Crippen molar-refractivity contribution in [3.05, 3.63) is 54.1 Å². The third-order valence-electron chi connectivity index (χ3n) is 4.39. The average Bonchev–Trinajstić information content (AvgIpc) is 2.91. The monoisotopic (exact) mass is 312 g/mol. The molecule has 0 aliphatic carbocycles. The molecule has 1 fully saturated rings. The van der Waals surface area contributed by atoms with Gasteiger partial charge in [-0.1, -0.05) is 37.3 Å². The number of amides is 1. The molecule has 3 rings (SSSR count). The van der Waals surface area contributed by atoms with Crippen molar-refractivity contribution in [2.45, 2.75) is 38.9 Å². The van der Waals surface area contributed by atoms with Gasteiger partial charge in [0, 0.05) is 32.0 Å². The summed E-state index contributed by atoms with van der Waals surface area (Å²) in [4.78, 5) is 19.0. The Morgan fingerprint density at radius 1 is 1.26 bits per heavy atom. The van der Waals surface area contributed by atoms with Gasteiger partial charge in [0.15, 0.2) is 0 Å². The van der Waals surface area contributed by atoms with E-state index in [0.717, 1.165) is 38.3 Å². The van der Waals surface area contributed by atoms with E-state index in [-0.39, 0.29) is 11.9 Å². The van der Waals surface area contributed by atoms with E-state index in [1.54, 1.807) is 0 Å². The summed E-state index contributed by atoms with van der Waals surface area (Å²) in [6, 6.07) is 10.3. The standard InChI is InChI=1S/C18H24N4O/c1-2-16-18(23)20-9-6-11-21(16)14-17-19-10-12-22(17)13-15-7-4-3-5-8-15/h3-5,7-8,10,12,16H,2,6,9,11,13-14H2,1H3,(H,20,23)/t16-/m1/s1. The van der Waals surface area contributed by atoms with Crippen LogP contribution in [0, 0.1) is 0 Å². The van der Waals surface area contributed by atoms with E-state index >= 15 is 0 Å². The van der Waals surface area contributed by atoms with Gasteiger partial charge in [-0.2, -0.15) is 0 Å². The third-order valence-corrected chi connectivity index (χ3v) is 4.39. The van der Waals surface area contributed by atoms with E-state index in [2.05, 4.69) is 51.0 Å². The fraction of sp³-hybridized carbons (Fsp3) is 0.444. The number of nitrogens with zero attached hydrogens (tertiary/aromatic N) is 3. The van der Waals surface area contributed by atoms with Gasteiger partial charge in [-0.15, -0.1) is 0 Å². The van der Waals surface area contributed by atoms with Crippen molar-refractivity contribution < 1.29 is 4.79 Å². The van der Waals surface area contributed by atoms with E-state index in [4.69, 9.17) is 0 Å². The lowest BCUT2D eigenvalue weighted by molar-refractivity contribution is -0.125. The van der Waals surface area contributed by atoms with E-state index in [1.165, 1.54) is 5.56 Å². The van der Waals surface area contributed by atoms with Crippen molar-refractivity contribution in [2.24, 2.45) is 0 Å². The van der Waals surface area contributed by atoms with Crippen LogP contribution in [0.1, 0.15) is 31.2 Å². The van der Waals surface area contributed by atoms with Gasteiger partial charge in [-0.3, -0.25) is 9.69 Å². The van der Waals surface area contributed by atoms with Gasteiger partial charge in [-0.25, -0.2) is 4.98 Å². The lowest BCUT2D eigenvalue weighted by Gasteiger charge is -2.27. The largest absolute Gasteiger partial charge is 0.355 e. The Kier molecular flexibility index (Phi) is 5.08. The molecule has 1 atom stereocenters. The van der Waals surface area contributed by atoms with Crippen LogP contribution < -0.4 is 5.32 Å². The summed E-state index contributed by atoms with van der Waals surface area (Å²) in [7, 11) is 0. The molecule has 122 valence electrons. The van der Waals surface area contributed by atoms with Gasteiger partial charge in [-0.05, 0) is 18.4 Å². The number of nitrogens with one attached hydrogen (secondary N) is 1. The Morgan fingerprint density at radius 2 is 2.09 bits per heavy atom. The van der Waals surface area contributed by atoms with Gasteiger partial charge < -0.3 is 9.88 Å². The number of imidazole rings is 1. The first-order valence-electron chi connectivity index (χ1n) is 8.33. The van der Waals surface area contributed by atoms with Crippen LogP contribution in [-0.2, 0) is 17.9 Å². The molecule has 1 aromatic heterocycles. The fourth-order valence-corrected chi connectivity index (χ4v) is 3.16. The topological polar surface area (TPSA) is 50.2 Å². The molecule has 1 amide bonds. The second-order valence-electron chi connectivity index (χ2n) is 6.00. The molecule has 0 spiro atoms. The quantitative estimate of drug-likeness (QED) is 0.919. The summed E-state index contributed by atoms with van der Waals surface area (Å²) < 4.78 is 2.17. The number of carbonyl (C=O) groups is 1. The van der Waals surface area contributed by atoms with Crippen LogP contribution in [0.3, 0.4) is 0 Å². The number of aromatic nitrogens is 2. The van der Waals surface area contributed by atoms with Crippen molar-refractivity contribution in [1.82, 2.24) is 19.8 Å². The molecule has 1 aromatic carbocycles. The summed E-state index contributed by atoms with van der Waals surface area (Å²) in [6.45, 7) is 5.29. The van der Waals surface area contributed by atoms with Gasteiger partial charge in [0.25, 0.3) is 0 Å². The van der Waals surface area contributed by atoms with Crippen LogP contribution in [0.5, 0.6) is 0 Å². The number of hydrogen-bond acceptors (Lipinski definition) is 3. The average molecular weight is 312 g/mol. The number of hydrogen-bond donors (Lipinski definition) is 1. The highest BCUT2D eigenvalue weighted by Crippen LogP contribution is 2.14. The molecule has 1 aliphatic rings. The van der Waals surface area contributed by atoms with Gasteiger partial charge in [0.05, 0.1) is 12.6 Å². The zero-order valence-electron chi connectivity index (χ0n) is 13.6. The zero-order chi connectivity index (χ0) is 16.1. The SMILES string of the molecule is CC[C@@H]1C(=O)NCCCN1Cc1nccn1Cc1ccccc1. The lowest BCUT2D eigenvalue weighted by Crippen LogP contribution is -2.43. The summed E-state index contributed by atoms with van der Waals surface area (Å²) in [5.41, 5.74) is 1.26. The molecular weight excluding hydrogens is 288 g/mol. The van der Waals surface area contributed by atoms with E-state index in [0.29, 0.717) is 6.54 Å². The number of rotatable bonds is 5. The molecule has 1 N–H and O–H groups in total. The first-order chi connectivity index (χ1) is 11.3. The molecule has 2 heterocycles. The smallest absolute Gasteiger partial charge is 0.237 e. The molecule has 1 aliphatic heterocycles. The summed E-state index contributed by atoms with van der Waals surface area (Å²) in [6.07, 6.45) is 5.67. The number of benzene rings is 1. The Bertz CT molecular complexity index is 637.